The van der Waals surface area contributed by atoms with Gasteiger partial charge in [0.25, 0.3) is 0 Å². The number of likely N-dealkylation sites (N-methyl/N-ethyl adjacent to an activating group) is 1. The molecular formula is C17H23N3. The lowest BCUT2D eigenvalue weighted by molar-refractivity contribution is 0.209. The van der Waals surface area contributed by atoms with Gasteiger partial charge < -0.3 is 5.32 Å². The fraction of sp³-hybridized carbons (Fsp3) is 0.588. The van der Waals surface area contributed by atoms with E-state index < -0.39 is 0 Å². The number of hydrogen-bond acceptors (Lipinski definition) is 3. The molecule has 0 aromatic heterocycles. The second-order valence-electron chi connectivity index (χ2n) is 6.15. The van der Waals surface area contributed by atoms with Gasteiger partial charge in [0.15, 0.2) is 0 Å². The van der Waals surface area contributed by atoms with Gasteiger partial charge in [-0.25, -0.2) is 0 Å². The van der Waals surface area contributed by atoms with Crippen molar-refractivity contribution in [3.05, 3.63) is 35.4 Å². The Morgan fingerprint density at radius 2 is 1.85 bits per heavy atom. The van der Waals surface area contributed by atoms with E-state index in [9.17, 15) is 5.26 Å². The molecule has 0 bridgehead atoms. The molecule has 3 heteroatoms. The predicted molar refractivity (Wildman–Crippen MR) is 80.4 cm³/mol. The third-order valence-corrected chi connectivity index (χ3v) is 4.91. The molecule has 1 atom stereocenters. The van der Waals surface area contributed by atoms with Crippen molar-refractivity contribution >= 4 is 0 Å². The van der Waals surface area contributed by atoms with Crippen LogP contribution in [0.25, 0.3) is 0 Å². The first-order valence-electron chi connectivity index (χ1n) is 7.67. The Bertz CT molecular complexity index is 488. The van der Waals surface area contributed by atoms with Crippen LogP contribution >= 0.6 is 0 Å². The zero-order chi connectivity index (χ0) is 14.0. The highest BCUT2D eigenvalue weighted by molar-refractivity contribution is 5.29. The van der Waals surface area contributed by atoms with Crippen LogP contribution in [0.4, 0.5) is 0 Å². The van der Waals surface area contributed by atoms with Crippen LogP contribution in [0.1, 0.15) is 24.0 Å². The monoisotopic (exact) mass is 269 g/mol. The predicted octanol–water partition coefficient (Wildman–Crippen LogP) is 1.98. The summed E-state index contributed by atoms with van der Waals surface area (Å²) < 4.78 is 0. The number of benzene rings is 1. The molecule has 0 spiro atoms. The van der Waals surface area contributed by atoms with E-state index in [1.165, 1.54) is 24.0 Å². The number of hydrogen-bond donors (Lipinski definition) is 1. The van der Waals surface area contributed by atoms with Gasteiger partial charge in [0.1, 0.15) is 5.54 Å². The first-order valence-corrected chi connectivity index (χ1v) is 7.67. The summed E-state index contributed by atoms with van der Waals surface area (Å²) in [6.45, 7) is 2.99. The van der Waals surface area contributed by atoms with Crippen LogP contribution in [0.5, 0.6) is 0 Å². The Morgan fingerprint density at radius 1 is 1.25 bits per heavy atom. The molecule has 0 radical (unpaired) electrons. The Kier molecular flexibility index (Phi) is 3.78. The second kappa shape index (κ2) is 5.55. The van der Waals surface area contributed by atoms with Crippen molar-refractivity contribution in [2.24, 2.45) is 5.92 Å². The van der Waals surface area contributed by atoms with E-state index in [0.29, 0.717) is 5.92 Å². The van der Waals surface area contributed by atoms with Gasteiger partial charge in [0.2, 0.25) is 0 Å². The lowest BCUT2D eigenvalue weighted by Crippen LogP contribution is -2.53. The largest absolute Gasteiger partial charge is 0.301 e. The van der Waals surface area contributed by atoms with Gasteiger partial charge in [-0.2, -0.15) is 5.26 Å². The van der Waals surface area contributed by atoms with Gasteiger partial charge in [0.05, 0.1) is 6.07 Å². The zero-order valence-corrected chi connectivity index (χ0v) is 12.2. The Balaban J connectivity index is 1.69. The van der Waals surface area contributed by atoms with E-state index in [0.717, 1.165) is 32.5 Å². The summed E-state index contributed by atoms with van der Waals surface area (Å²) >= 11 is 0. The molecule has 1 N–H and O–H groups in total. The van der Waals surface area contributed by atoms with Crippen LogP contribution in [0.15, 0.2) is 24.3 Å². The highest BCUT2D eigenvalue weighted by Crippen LogP contribution is 2.39. The van der Waals surface area contributed by atoms with E-state index in [1.54, 1.807) is 0 Å². The molecule has 1 saturated carbocycles. The van der Waals surface area contributed by atoms with Crippen LogP contribution < -0.4 is 5.32 Å². The molecule has 1 unspecified atom stereocenters. The van der Waals surface area contributed by atoms with Crippen LogP contribution in [0, 0.1) is 17.2 Å². The Labute approximate surface area is 121 Å². The normalized spacial score (nSPS) is 22.4. The maximum Gasteiger partial charge on any atom is 0.122 e. The number of rotatable bonds is 4. The molecule has 2 aliphatic rings. The van der Waals surface area contributed by atoms with E-state index in [1.807, 2.05) is 7.05 Å². The van der Waals surface area contributed by atoms with Crippen LogP contribution in [-0.2, 0) is 12.8 Å². The summed E-state index contributed by atoms with van der Waals surface area (Å²) in [5.41, 5.74) is 2.62. The molecular weight excluding hydrogens is 246 g/mol. The Hall–Kier alpha value is -1.37. The van der Waals surface area contributed by atoms with Gasteiger partial charge in [-0.1, -0.05) is 24.3 Å². The number of nitrogens with one attached hydrogen (secondary N) is 1. The lowest BCUT2D eigenvalue weighted by atomic mass is 9.94. The minimum atomic E-state index is -0.337. The third-order valence-electron chi connectivity index (χ3n) is 4.91. The quantitative estimate of drug-likeness (QED) is 0.908. The van der Waals surface area contributed by atoms with Gasteiger partial charge >= 0.3 is 0 Å². The molecule has 0 saturated heterocycles. The molecule has 1 aromatic rings. The van der Waals surface area contributed by atoms with Gasteiger partial charge in [-0.3, -0.25) is 4.90 Å². The van der Waals surface area contributed by atoms with Crippen LogP contribution in [-0.4, -0.2) is 37.1 Å². The van der Waals surface area contributed by atoms with E-state index in [-0.39, 0.29) is 5.54 Å². The number of fused-ring (bicyclic) bond motifs is 1. The molecule has 1 fully saturated rings. The maximum absolute atomic E-state index is 9.62. The van der Waals surface area contributed by atoms with E-state index in [2.05, 4.69) is 40.6 Å². The topological polar surface area (TPSA) is 39.1 Å². The van der Waals surface area contributed by atoms with Gasteiger partial charge in [-0.05, 0) is 49.8 Å². The smallest absolute Gasteiger partial charge is 0.122 e. The summed E-state index contributed by atoms with van der Waals surface area (Å²) in [5.74, 6) is 0.545. The fourth-order valence-corrected chi connectivity index (χ4v) is 3.40. The summed E-state index contributed by atoms with van der Waals surface area (Å²) in [6, 6.07) is 11.3. The van der Waals surface area contributed by atoms with Gasteiger partial charge in [0, 0.05) is 19.6 Å². The standard InChI is InChI=1S/C17H23N3/c1-19-17(12-18,16-6-7-16)13-20-10-8-14-4-2-3-5-15(14)9-11-20/h2-5,16,19H,6-11,13H2,1H3. The SMILES string of the molecule is CNC(C#N)(CN1CCc2ccccc2CC1)C1CC1. The average molecular weight is 269 g/mol. The van der Waals surface area contributed by atoms with Crippen molar-refractivity contribution in [2.45, 2.75) is 31.2 Å². The molecule has 1 aliphatic carbocycles. The first kappa shape index (κ1) is 13.6. The van der Waals surface area contributed by atoms with Crippen LogP contribution in [0.3, 0.4) is 0 Å². The molecule has 3 nitrogen and oxygen atoms in total. The fourth-order valence-electron chi connectivity index (χ4n) is 3.40. The summed E-state index contributed by atoms with van der Waals surface area (Å²) in [5, 5.41) is 12.9. The van der Waals surface area contributed by atoms with Crippen molar-refractivity contribution in [1.82, 2.24) is 10.2 Å². The van der Waals surface area contributed by atoms with Crippen molar-refractivity contribution in [1.29, 1.82) is 5.26 Å². The highest BCUT2D eigenvalue weighted by atomic mass is 15.2. The lowest BCUT2D eigenvalue weighted by Gasteiger charge is -2.32. The summed E-state index contributed by atoms with van der Waals surface area (Å²) in [4.78, 5) is 2.47. The highest BCUT2D eigenvalue weighted by Gasteiger charge is 2.45. The average Bonchev–Trinajstić information content (AvgIpc) is 3.33. The van der Waals surface area contributed by atoms with Gasteiger partial charge in [-0.15, -0.1) is 0 Å². The molecule has 1 heterocycles. The van der Waals surface area contributed by atoms with Crippen molar-refractivity contribution in [2.75, 3.05) is 26.7 Å². The molecule has 0 amide bonds. The maximum atomic E-state index is 9.62. The number of nitriles is 1. The number of nitrogens with zero attached hydrogens (tertiary/aromatic N) is 2. The zero-order valence-electron chi connectivity index (χ0n) is 12.2. The van der Waals surface area contributed by atoms with E-state index in [4.69, 9.17) is 0 Å². The van der Waals surface area contributed by atoms with Crippen molar-refractivity contribution < 1.29 is 0 Å². The minimum Gasteiger partial charge on any atom is -0.301 e. The second-order valence-corrected chi connectivity index (χ2v) is 6.15. The molecule has 1 aromatic carbocycles. The van der Waals surface area contributed by atoms with Crippen LogP contribution in [0.2, 0.25) is 0 Å². The van der Waals surface area contributed by atoms with Crippen molar-refractivity contribution in [3.63, 3.8) is 0 Å². The van der Waals surface area contributed by atoms with Crippen molar-refractivity contribution in [3.8, 4) is 6.07 Å². The third kappa shape index (κ3) is 2.59. The summed E-state index contributed by atoms with van der Waals surface area (Å²) in [6.07, 6.45) is 4.60. The molecule has 20 heavy (non-hydrogen) atoms. The Morgan fingerprint density at radius 3 is 2.30 bits per heavy atom. The first-order chi connectivity index (χ1) is 9.77. The minimum absolute atomic E-state index is 0.337. The molecule has 3 rings (SSSR count). The molecule has 1 aliphatic heterocycles. The molecule has 106 valence electrons. The van der Waals surface area contributed by atoms with E-state index >= 15 is 0 Å². The summed E-state index contributed by atoms with van der Waals surface area (Å²) in [7, 11) is 1.94.